The van der Waals surface area contributed by atoms with Gasteiger partial charge in [-0.3, -0.25) is 4.68 Å². The molecule has 0 radical (unpaired) electrons. The van der Waals surface area contributed by atoms with E-state index in [-0.39, 0.29) is 5.92 Å². The Kier molecular flexibility index (Phi) is 3.19. The van der Waals surface area contributed by atoms with Crippen LogP contribution in [-0.2, 0) is 6.54 Å². The molecule has 0 aliphatic rings. The third-order valence-electron chi connectivity index (χ3n) is 2.29. The quantitative estimate of drug-likeness (QED) is 0.807. The third kappa shape index (κ3) is 2.08. The summed E-state index contributed by atoms with van der Waals surface area (Å²) in [5, 5.41) is 14.2. The predicted molar refractivity (Wildman–Crippen MR) is 57.6 cm³/mol. The Balaban J connectivity index is 3.02. The highest BCUT2D eigenvalue weighted by atomic mass is 16.3. The lowest BCUT2D eigenvalue weighted by molar-refractivity contribution is 0.451. The van der Waals surface area contributed by atoms with Crippen LogP contribution in [0.15, 0.2) is 0 Å². The van der Waals surface area contributed by atoms with E-state index in [0.29, 0.717) is 11.7 Å². The van der Waals surface area contributed by atoms with Crippen LogP contribution in [0.2, 0.25) is 0 Å². The van der Waals surface area contributed by atoms with Crippen molar-refractivity contribution in [1.29, 1.82) is 0 Å². The molecular weight excluding hydrogens is 176 g/mol. The number of hydrogen-bond donors (Lipinski definition) is 1. The summed E-state index contributed by atoms with van der Waals surface area (Å²) in [6.45, 7) is 11.2. The van der Waals surface area contributed by atoms with Crippen LogP contribution in [0.4, 0.5) is 0 Å². The minimum atomic E-state index is 0.280. The number of rotatable bonds is 3. The van der Waals surface area contributed by atoms with Crippen molar-refractivity contribution in [2.75, 3.05) is 0 Å². The number of hydrogen-bond acceptors (Lipinski definition) is 2. The van der Waals surface area contributed by atoms with Crippen LogP contribution < -0.4 is 0 Å². The van der Waals surface area contributed by atoms with Gasteiger partial charge in [0.1, 0.15) is 5.69 Å². The van der Waals surface area contributed by atoms with E-state index in [1.54, 1.807) is 0 Å². The molecule has 1 heterocycles. The third-order valence-corrected chi connectivity index (χ3v) is 2.29. The second-order valence-corrected chi connectivity index (χ2v) is 4.55. The van der Waals surface area contributed by atoms with E-state index in [9.17, 15) is 5.11 Å². The first kappa shape index (κ1) is 11.1. The molecule has 80 valence electrons. The minimum absolute atomic E-state index is 0.280. The van der Waals surface area contributed by atoms with Gasteiger partial charge in [-0.05, 0) is 12.8 Å². The maximum absolute atomic E-state index is 9.82. The fourth-order valence-corrected chi connectivity index (χ4v) is 1.47. The average molecular weight is 196 g/mol. The van der Waals surface area contributed by atoms with E-state index in [1.165, 1.54) is 0 Å². The van der Waals surface area contributed by atoms with Gasteiger partial charge >= 0.3 is 0 Å². The molecule has 0 amide bonds. The molecule has 1 N–H and O–H groups in total. The van der Waals surface area contributed by atoms with Crippen LogP contribution in [0.1, 0.15) is 45.0 Å². The Morgan fingerprint density at radius 2 is 1.86 bits per heavy atom. The molecule has 0 atom stereocenters. The smallest absolute Gasteiger partial charge is 0.160 e. The topological polar surface area (TPSA) is 38.1 Å². The SMILES string of the molecule is Cc1c(O)c(C(C)C)nn1CC(C)C. The fraction of sp³-hybridized carbons (Fsp3) is 0.727. The molecule has 0 aliphatic heterocycles. The van der Waals surface area contributed by atoms with Crippen LogP contribution in [0.5, 0.6) is 5.75 Å². The molecule has 0 unspecified atom stereocenters. The molecule has 0 aliphatic carbocycles. The highest BCUT2D eigenvalue weighted by Crippen LogP contribution is 2.27. The number of aromatic nitrogens is 2. The van der Waals surface area contributed by atoms with Gasteiger partial charge in [0.2, 0.25) is 0 Å². The van der Waals surface area contributed by atoms with Gasteiger partial charge in [0.05, 0.1) is 5.69 Å². The van der Waals surface area contributed by atoms with Crippen molar-refractivity contribution >= 4 is 0 Å². The Bertz CT molecular complexity index is 313. The van der Waals surface area contributed by atoms with E-state index in [0.717, 1.165) is 17.9 Å². The largest absolute Gasteiger partial charge is 0.504 e. The maximum atomic E-state index is 9.82. The summed E-state index contributed by atoms with van der Waals surface area (Å²) in [6, 6.07) is 0. The van der Waals surface area contributed by atoms with Gasteiger partial charge in [-0.2, -0.15) is 5.10 Å². The molecule has 3 nitrogen and oxygen atoms in total. The molecular formula is C11H20N2O. The van der Waals surface area contributed by atoms with Crippen molar-refractivity contribution in [1.82, 2.24) is 9.78 Å². The average Bonchev–Trinajstić information content (AvgIpc) is 2.32. The van der Waals surface area contributed by atoms with Crippen LogP contribution in [0, 0.1) is 12.8 Å². The number of nitrogens with zero attached hydrogens (tertiary/aromatic N) is 2. The van der Waals surface area contributed by atoms with E-state index in [4.69, 9.17) is 0 Å². The van der Waals surface area contributed by atoms with Gasteiger partial charge in [0.15, 0.2) is 5.75 Å². The lowest BCUT2D eigenvalue weighted by atomic mass is 10.1. The molecule has 0 bridgehead atoms. The maximum Gasteiger partial charge on any atom is 0.160 e. The molecule has 0 spiro atoms. The van der Waals surface area contributed by atoms with Crippen molar-refractivity contribution in [3.05, 3.63) is 11.4 Å². The van der Waals surface area contributed by atoms with Crippen molar-refractivity contribution in [3.8, 4) is 5.75 Å². The Labute approximate surface area is 85.8 Å². The molecule has 1 aromatic rings. The van der Waals surface area contributed by atoms with Crippen molar-refractivity contribution < 1.29 is 5.11 Å². The summed E-state index contributed by atoms with van der Waals surface area (Å²) in [5.41, 5.74) is 1.69. The summed E-state index contributed by atoms with van der Waals surface area (Å²) in [5.74, 6) is 1.19. The van der Waals surface area contributed by atoms with Crippen molar-refractivity contribution in [3.63, 3.8) is 0 Å². The zero-order valence-electron chi connectivity index (χ0n) is 9.70. The predicted octanol–water partition coefficient (Wildman–Crippen LogP) is 2.68. The lowest BCUT2D eigenvalue weighted by Crippen LogP contribution is -2.08. The second kappa shape index (κ2) is 4.03. The Morgan fingerprint density at radius 3 is 2.21 bits per heavy atom. The number of aromatic hydroxyl groups is 1. The van der Waals surface area contributed by atoms with Crippen LogP contribution in [0.25, 0.3) is 0 Å². The molecule has 0 saturated carbocycles. The summed E-state index contributed by atoms with van der Waals surface area (Å²) < 4.78 is 1.90. The van der Waals surface area contributed by atoms with E-state index in [1.807, 2.05) is 25.5 Å². The summed E-state index contributed by atoms with van der Waals surface area (Å²) >= 11 is 0. The van der Waals surface area contributed by atoms with Gasteiger partial charge in [-0.1, -0.05) is 27.7 Å². The van der Waals surface area contributed by atoms with Crippen molar-refractivity contribution in [2.24, 2.45) is 5.92 Å². The molecule has 1 aromatic heterocycles. The molecule has 0 fully saturated rings. The van der Waals surface area contributed by atoms with E-state index >= 15 is 0 Å². The van der Waals surface area contributed by atoms with Gasteiger partial charge in [0, 0.05) is 12.5 Å². The first-order valence-electron chi connectivity index (χ1n) is 5.19. The first-order chi connectivity index (χ1) is 6.43. The Morgan fingerprint density at radius 1 is 1.29 bits per heavy atom. The summed E-state index contributed by atoms with van der Waals surface area (Å²) in [6.07, 6.45) is 0. The van der Waals surface area contributed by atoms with Gasteiger partial charge in [0.25, 0.3) is 0 Å². The van der Waals surface area contributed by atoms with Gasteiger partial charge < -0.3 is 5.11 Å². The van der Waals surface area contributed by atoms with Gasteiger partial charge in [-0.15, -0.1) is 0 Å². The second-order valence-electron chi connectivity index (χ2n) is 4.55. The van der Waals surface area contributed by atoms with Crippen molar-refractivity contribution in [2.45, 2.75) is 47.1 Å². The molecule has 0 saturated heterocycles. The molecule has 0 aromatic carbocycles. The highest BCUT2D eigenvalue weighted by Gasteiger charge is 2.16. The highest BCUT2D eigenvalue weighted by molar-refractivity contribution is 5.33. The Hall–Kier alpha value is -0.990. The normalized spacial score (nSPS) is 11.6. The molecule has 3 heteroatoms. The van der Waals surface area contributed by atoms with Crippen LogP contribution in [0.3, 0.4) is 0 Å². The molecule has 1 rings (SSSR count). The standard InChI is InChI=1S/C11H20N2O/c1-7(2)6-13-9(5)11(14)10(12-13)8(3)4/h7-8,14H,6H2,1-5H3. The minimum Gasteiger partial charge on any atom is -0.504 e. The van der Waals surface area contributed by atoms with Crippen LogP contribution >= 0.6 is 0 Å². The van der Waals surface area contributed by atoms with Gasteiger partial charge in [-0.25, -0.2) is 0 Å². The fourth-order valence-electron chi connectivity index (χ4n) is 1.47. The summed E-state index contributed by atoms with van der Waals surface area (Å²) in [7, 11) is 0. The molecule has 14 heavy (non-hydrogen) atoms. The zero-order chi connectivity index (χ0) is 10.9. The summed E-state index contributed by atoms with van der Waals surface area (Å²) in [4.78, 5) is 0. The van der Waals surface area contributed by atoms with Crippen LogP contribution in [-0.4, -0.2) is 14.9 Å². The lowest BCUT2D eigenvalue weighted by Gasteiger charge is -2.06. The van der Waals surface area contributed by atoms with E-state index < -0.39 is 0 Å². The zero-order valence-corrected chi connectivity index (χ0v) is 9.70. The monoisotopic (exact) mass is 196 g/mol. The van der Waals surface area contributed by atoms with E-state index in [2.05, 4.69) is 18.9 Å². The first-order valence-corrected chi connectivity index (χ1v) is 5.19.